The molecule has 120 valence electrons. The number of hydrogen-bond donors (Lipinski definition) is 4. The van der Waals surface area contributed by atoms with E-state index in [9.17, 15) is 20.4 Å². The maximum absolute atomic E-state index is 9.99. The van der Waals surface area contributed by atoms with E-state index in [1.165, 1.54) is 0 Å². The quantitative estimate of drug-likeness (QED) is 0.650. The fraction of sp³-hybridized carbons (Fsp3) is 0.500. The fourth-order valence-corrected chi connectivity index (χ4v) is 3.12. The molecule has 0 spiro atoms. The van der Waals surface area contributed by atoms with Crippen molar-refractivity contribution in [1.29, 1.82) is 0 Å². The molecule has 1 aliphatic heterocycles. The summed E-state index contributed by atoms with van der Waals surface area (Å²) < 4.78 is 7.70. The Morgan fingerprint density at radius 1 is 1.27 bits per heavy atom. The molecule has 4 atom stereocenters. The van der Waals surface area contributed by atoms with Crippen LogP contribution < -0.4 is 0 Å². The predicted molar refractivity (Wildman–Crippen MR) is 80.2 cm³/mol. The molecule has 0 saturated carbocycles. The third-order valence-electron chi connectivity index (χ3n) is 4.41. The first-order valence-corrected chi connectivity index (χ1v) is 7.36. The van der Waals surface area contributed by atoms with Crippen LogP contribution in [0.15, 0.2) is 24.4 Å². The largest absolute Gasteiger partial charge is 0.394 e. The first-order valence-electron chi connectivity index (χ1n) is 7.36. The van der Waals surface area contributed by atoms with Gasteiger partial charge in [-0.05, 0) is 34.7 Å². The number of aliphatic hydroxyl groups excluding tert-OH is 4. The topological polar surface area (TPSA) is 95.1 Å². The Hall–Kier alpha value is -1.44. The Morgan fingerprint density at radius 2 is 2.05 bits per heavy atom. The molecular formula is C16H21NO5. The van der Waals surface area contributed by atoms with Crippen molar-refractivity contribution in [3.63, 3.8) is 0 Å². The maximum Gasteiger partial charge on any atom is 0.110 e. The molecule has 22 heavy (non-hydrogen) atoms. The summed E-state index contributed by atoms with van der Waals surface area (Å²) in [7, 11) is 1.93. The summed E-state index contributed by atoms with van der Waals surface area (Å²) in [6.07, 6.45) is -1.21. The Kier molecular flexibility index (Phi) is 4.20. The number of fused-ring (bicyclic) bond motifs is 1. The van der Waals surface area contributed by atoms with E-state index in [1.54, 1.807) is 0 Å². The molecule has 6 nitrogen and oxygen atoms in total. The first kappa shape index (κ1) is 15.5. The van der Waals surface area contributed by atoms with Gasteiger partial charge in [-0.3, -0.25) is 0 Å². The van der Waals surface area contributed by atoms with E-state index in [0.717, 1.165) is 22.0 Å². The second kappa shape index (κ2) is 5.98. The number of hydrogen-bond acceptors (Lipinski definition) is 5. The van der Waals surface area contributed by atoms with Gasteiger partial charge < -0.3 is 29.7 Å². The highest BCUT2D eigenvalue weighted by Gasteiger charge is 2.37. The van der Waals surface area contributed by atoms with Crippen molar-refractivity contribution in [1.82, 2.24) is 4.57 Å². The van der Waals surface area contributed by atoms with E-state index < -0.39 is 24.4 Å². The Labute approximate surface area is 128 Å². The zero-order valence-electron chi connectivity index (χ0n) is 12.4. The summed E-state index contributed by atoms with van der Waals surface area (Å²) in [5.41, 5.74) is 2.50. The van der Waals surface area contributed by atoms with E-state index in [4.69, 9.17) is 4.74 Å². The normalized spacial score (nSPS) is 29.1. The lowest BCUT2D eigenvalue weighted by atomic mass is 9.91. The van der Waals surface area contributed by atoms with Crippen LogP contribution in [0.2, 0.25) is 0 Å². The van der Waals surface area contributed by atoms with E-state index in [1.807, 2.05) is 36.0 Å². The monoisotopic (exact) mass is 307 g/mol. The van der Waals surface area contributed by atoms with Crippen LogP contribution in [-0.4, -0.2) is 49.9 Å². The van der Waals surface area contributed by atoms with Gasteiger partial charge in [-0.25, -0.2) is 0 Å². The van der Waals surface area contributed by atoms with Crippen molar-refractivity contribution < 1.29 is 25.2 Å². The molecule has 0 bridgehead atoms. The number of ether oxygens (including phenoxy) is 1. The summed E-state index contributed by atoms with van der Waals surface area (Å²) in [5.74, 6) is 0. The summed E-state index contributed by atoms with van der Waals surface area (Å²) in [6.45, 7) is -0.502. The third-order valence-corrected chi connectivity index (χ3v) is 4.41. The first-order chi connectivity index (χ1) is 10.5. The standard InChI is InChI=1S/C16H21NO5/c1-17-3-2-9-4-10(7-18)11(5-12(9)17)14-6-13(20)16(21)15(8-19)22-14/h2-5,13-16,18-21H,6-8H2,1H3/t13?,14?,15?,16-/m0/s1. The van der Waals surface area contributed by atoms with Crippen LogP contribution in [0.1, 0.15) is 23.7 Å². The van der Waals surface area contributed by atoms with E-state index in [2.05, 4.69) is 0 Å². The van der Waals surface area contributed by atoms with Gasteiger partial charge in [-0.15, -0.1) is 0 Å². The Balaban J connectivity index is 2.02. The van der Waals surface area contributed by atoms with Crippen molar-refractivity contribution in [2.75, 3.05) is 6.61 Å². The number of aryl methyl sites for hydroxylation is 1. The molecule has 0 radical (unpaired) electrons. The molecule has 1 aromatic heterocycles. The third kappa shape index (κ3) is 2.53. The summed E-state index contributed by atoms with van der Waals surface area (Å²) in [4.78, 5) is 0. The molecular weight excluding hydrogens is 286 g/mol. The lowest BCUT2D eigenvalue weighted by molar-refractivity contribution is -0.181. The summed E-state index contributed by atoms with van der Waals surface area (Å²) >= 11 is 0. The van der Waals surface area contributed by atoms with Gasteiger partial charge in [0.25, 0.3) is 0 Å². The average molecular weight is 307 g/mol. The number of benzene rings is 1. The van der Waals surface area contributed by atoms with Crippen LogP contribution in [0.25, 0.3) is 10.9 Å². The van der Waals surface area contributed by atoms with Gasteiger partial charge in [-0.2, -0.15) is 0 Å². The molecule has 0 amide bonds. The van der Waals surface area contributed by atoms with Crippen LogP contribution in [0.3, 0.4) is 0 Å². The zero-order valence-corrected chi connectivity index (χ0v) is 12.4. The highest BCUT2D eigenvalue weighted by Crippen LogP contribution is 2.35. The average Bonchev–Trinajstić information content (AvgIpc) is 2.89. The van der Waals surface area contributed by atoms with Gasteiger partial charge >= 0.3 is 0 Å². The molecule has 4 N–H and O–H groups in total. The van der Waals surface area contributed by atoms with Crippen LogP contribution >= 0.6 is 0 Å². The number of rotatable bonds is 3. The number of aliphatic hydroxyl groups is 4. The van der Waals surface area contributed by atoms with E-state index >= 15 is 0 Å². The summed E-state index contributed by atoms with van der Waals surface area (Å²) in [5, 5.41) is 39.8. The SMILES string of the molecule is Cn1ccc2cc(CO)c(C3CC(O)[C@H](O)C(CO)O3)cc21. The number of aromatic nitrogens is 1. The minimum atomic E-state index is -1.10. The molecule has 2 heterocycles. The van der Waals surface area contributed by atoms with Crippen molar-refractivity contribution in [2.45, 2.75) is 37.4 Å². The van der Waals surface area contributed by atoms with Crippen molar-refractivity contribution in [2.24, 2.45) is 7.05 Å². The van der Waals surface area contributed by atoms with Crippen LogP contribution in [0.5, 0.6) is 0 Å². The lowest BCUT2D eigenvalue weighted by Gasteiger charge is -2.37. The summed E-state index contributed by atoms with van der Waals surface area (Å²) in [6, 6.07) is 5.80. The van der Waals surface area contributed by atoms with Gasteiger partial charge in [-0.1, -0.05) is 0 Å². The molecule has 1 fully saturated rings. The highest BCUT2D eigenvalue weighted by molar-refractivity contribution is 5.82. The smallest absolute Gasteiger partial charge is 0.110 e. The highest BCUT2D eigenvalue weighted by atomic mass is 16.5. The Morgan fingerprint density at radius 3 is 2.73 bits per heavy atom. The minimum Gasteiger partial charge on any atom is -0.394 e. The molecule has 2 aromatic rings. The molecule has 3 unspecified atom stereocenters. The second-order valence-electron chi connectivity index (χ2n) is 5.83. The van der Waals surface area contributed by atoms with E-state index in [0.29, 0.717) is 0 Å². The Bertz CT molecular complexity index is 668. The molecule has 6 heteroatoms. The maximum atomic E-state index is 9.99. The molecule has 1 saturated heterocycles. The van der Waals surface area contributed by atoms with Crippen molar-refractivity contribution >= 4 is 10.9 Å². The van der Waals surface area contributed by atoms with Crippen LogP contribution in [0.4, 0.5) is 0 Å². The fourth-order valence-electron chi connectivity index (χ4n) is 3.12. The lowest BCUT2D eigenvalue weighted by Crippen LogP contribution is -2.47. The molecule has 1 aromatic carbocycles. The second-order valence-corrected chi connectivity index (χ2v) is 5.83. The van der Waals surface area contributed by atoms with Crippen molar-refractivity contribution in [3.8, 4) is 0 Å². The molecule has 1 aliphatic rings. The van der Waals surface area contributed by atoms with Gasteiger partial charge in [0.1, 0.15) is 12.2 Å². The van der Waals surface area contributed by atoms with Crippen molar-refractivity contribution in [3.05, 3.63) is 35.5 Å². The molecule has 0 aliphatic carbocycles. The van der Waals surface area contributed by atoms with Gasteiger partial charge in [0.2, 0.25) is 0 Å². The zero-order chi connectivity index (χ0) is 15.9. The van der Waals surface area contributed by atoms with E-state index in [-0.39, 0.29) is 19.6 Å². The van der Waals surface area contributed by atoms with Gasteiger partial charge in [0, 0.05) is 25.2 Å². The van der Waals surface area contributed by atoms with Gasteiger partial charge in [0.15, 0.2) is 0 Å². The van der Waals surface area contributed by atoms with Gasteiger partial charge in [0.05, 0.1) is 25.4 Å². The van der Waals surface area contributed by atoms with Crippen LogP contribution in [0, 0.1) is 0 Å². The number of nitrogens with zero attached hydrogens (tertiary/aromatic N) is 1. The molecule has 3 rings (SSSR count). The predicted octanol–water partition coefficient (Wildman–Crippen LogP) is 0.215. The van der Waals surface area contributed by atoms with Crippen LogP contribution in [-0.2, 0) is 18.4 Å². The minimum absolute atomic E-state index is 0.136.